The summed E-state index contributed by atoms with van der Waals surface area (Å²) in [5.41, 5.74) is 0. The highest BCUT2D eigenvalue weighted by Crippen LogP contribution is 2.35. The third-order valence-corrected chi connectivity index (χ3v) is 5.03. The Morgan fingerprint density at radius 2 is 1.95 bits per heavy atom. The van der Waals surface area contributed by atoms with Crippen LogP contribution in [0.25, 0.3) is 0 Å². The van der Waals surface area contributed by atoms with Gasteiger partial charge in [-0.1, -0.05) is 26.2 Å². The molecule has 0 bridgehead atoms. The molecule has 5 nitrogen and oxygen atoms in total. The topological polar surface area (TPSA) is 69.6 Å². The molecule has 0 radical (unpaired) electrons. The summed E-state index contributed by atoms with van der Waals surface area (Å²) < 4.78 is 0. The van der Waals surface area contributed by atoms with Crippen molar-refractivity contribution < 1.29 is 14.7 Å². The van der Waals surface area contributed by atoms with Gasteiger partial charge in [-0.15, -0.1) is 0 Å². The zero-order chi connectivity index (χ0) is 15.2. The predicted molar refractivity (Wildman–Crippen MR) is 81.1 cm³/mol. The second-order valence-electron chi connectivity index (χ2n) is 6.76. The number of nitrogens with zero attached hydrogens (tertiary/aromatic N) is 1. The minimum Gasteiger partial charge on any atom is -0.481 e. The van der Waals surface area contributed by atoms with Crippen LogP contribution in [-0.4, -0.2) is 41.6 Å². The number of carboxylic acid groups (broad SMARTS) is 1. The minimum absolute atomic E-state index is 0.0289. The number of hydrogen-bond acceptors (Lipinski definition) is 2. The number of carbonyl (C=O) groups excluding carboxylic acids is 1. The van der Waals surface area contributed by atoms with E-state index in [9.17, 15) is 9.59 Å². The molecule has 2 rings (SSSR count). The molecule has 3 unspecified atom stereocenters. The van der Waals surface area contributed by atoms with Crippen LogP contribution in [0.5, 0.6) is 0 Å². The third-order valence-electron chi connectivity index (χ3n) is 5.03. The van der Waals surface area contributed by atoms with Gasteiger partial charge in [-0.2, -0.15) is 0 Å². The first-order valence-corrected chi connectivity index (χ1v) is 8.31. The van der Waals surface area contributed by atoms with Crippen molar-refractivity contribution in [2.24, 2.45) is 17.8 Å². The Bertz CT molecular complexity index is 373. The van der Waals surface area contributed by atoms with Gasteiger partial charge in [0.25, 0.3) is 0 Å². The van der Waals surface area contributed by atoms with Crippen LogP contribution in [0.2, 0.25) is 0 Å². The summed E-state index contributed by atoms with van der Waals surface area (Å²) in [6.45, 7) is 4.32. The van der Waals surface area contributed by atoms with Crippen LogP contribution < -0.4 is 5.32 Å². The molecule has 2 fully saturated rings. The summed E-state index contributed by atoms with van der Waals surface area (Å²) in [7, 11) is 0. The molecular weight excluding hydrogens is 268 g/mol. The molecule has 0 spiro atoms. The molecule has 21 heavy (non-hydrogen) atoms. The fraction of sp³-hybridized carbons (Fsp3) is 0.875. The Labute approximate surface area is 127 Å². The monoisotopic (exact) mass is 296 g/mol. The van der Waals surface area contributed by atoms with E-state index in [0.29, 0.717) is 18.9 Å². The number of aliphatic carboxylic acids is 1. The van der Waals surface area contributed by atoms with Crippen LogP contribution in [0.1, 0.15) is 51.9 Å². The Hall–Kier alpha value is -1.26. The Balaban J connectivity index is 1.69. The zero-order valence-electron chi connectivity index (χ0n) is 13.0. The third kappa shape index (κ3) is 4.90. The van der Waals surface area contributed by atoms with Crippen LogP contribution in [0.3, 0.4) is 0 Å². The number of urea groups is 1. The smallest absolute Gasteiger partial charge is 0.317 e. The number of carbonyl (C=O) groups is 2. The van der Waals surface area contributed by atoms with E-state index < -0.39 is 5.97 Å². The van der Waals surface area contributed by atoms with E-state index >= 15 is 0 Å². The van der Waals surface area contributed by atoms with Crippen LogP contribution in [0.15, 0.2) is 0 Å². The maximum absolute atomic E-state index is 12.2. The van der Waals surface area contributed by atoms with Crippen molar-refractivity contribution in [2.45, 2.75) is 51.9 Å². The zero-order valence-corrected chi connectivity index (χ0v) is 13.0. The molecule has 0 aromatic rings. The number of likely N-dealkylation sites (tertiary alicyclic amines) is 1. The second-order valence-corrected chi connectivity index (χ2v) is 6.76. The van der Waals surface area contributed by atoms with Crippen molar-refractivity contribution in [3.63, 3.8) is 0 Å². The summed E-state index contributed by atoms with van der Waals surface area (Å²) in [6, 6.07) is 0.0289. The second kappa shape index (κ2) is 7.66. The first-order valence-electron chi connectivity index (χ1n) is 8.31. The Morgan fingerprint density at radius 3 is 2.67 bits per heavy atom. The summed E-state index contributed by atoms with van der Waals surface area (Å²) >= 11 is 0. The molecule has 1 aliphatic carbocycles. The van der Waals surface area contributed by atoms with E-state index in [0.717, 1.165) is 25.4 Å². The lowest BCUT2D eigenvalue weighted by atomic mass is 9.75. The van der Waals surface area contributed by atoms with Gasteiger partial charge < -0.3 is 15.3 Å². The summed E-state index contributed by atoms with van der Waals surface area (Å²) in [4.78, 5) is 24.7. The lowest BCUT2D eigenvalue weighted by molar-refractivity contribution is -0.137. The number of fused-ring (bicyclic) bond motifs is 1. The van der Waals surface area contributed by atoms with Gasteiger partial charge in [-0.05, 0) is 37.0 Å². The van der Waals surface area contributed by atoms with Crippen LogP contribution in [0.4, 0.5) is 4.79 Å². The van der Waals surface area contributed by atoms with Gasteiger partial charge in [0, 0.05) is 26.1 Å². The fourth-order valence-electron chi connectivity index (χ4n) is 3.63. The summed E-state index contributed by atoms with van der Waals surface area (Å²) in [5.74, 6) is 0.963. The molecule has 1 aliphatic heterocycles. The van der Waals surface area contributed by atoms with E-state index in [4.69, 9.17) is 5.11 Å². The molecular formula is C16H28N2O3. The highest BCUT2D eigenvalue weighted by molar-refractivity contribution is 5.74. The lowest BCUT2D eigenvalue weighted by Crippen LogP contribution is -2.49. The molecule has 1 heterocycles. The van der Waals surface area contributed by atoms with E-state index in [1.165, 1.54) is 25.7 Å². The quantitative estimate of drug-likeness (QED) is 0.819. The van der Waals surface area contributed by atoms with Crippen molar-refractivity contribution >= 4 is 12.0 Å². The van der Waals surface area contributed by atoms with Gasteiger partial charge in [0.15, 0.2) is 0 Å². The molecule has 2 amide bonds. The lowest BCUT2D eigenvalue weighted by Gasteiger charge is -2.41. The summed E-state index contributed by atoms with van der Waals surface area (Å²) in [6.07, 6.45) is 7.20. The fourth-order valence-corrected chi connectivity index (χ4v) is 3.63. The standard InChI is InChI=1S/C16H28N2O3/c1-12(6-7-15(19)20)10-17-16(21)18-9-8-13-4-2-3-5-14(13)11-18/h12-14H,2-11H2,1H3,(H,17,21)(H,19,20). The maximum atomic E-state index is 12.2. The number of carboxylic acids is 1. The van der Waals surface area contributed by atoms with Crippen LogP contribution in [0, 0.1) is 17.8 Å². The molecule has 2 aliphatic rings. The first-order chi connectivity index (χ1) is 10.1. The van der Waals surface area contributed by atoms with Crippen molar-refractivity contribution in [3.05, 3.63) is 0 Å². The van der Waals surface area contributed by atoms with E-state index in [1.807, 2.05) is 11.8 Å². The van der Waals surface area contributed by atoms with E-state index in [1.54, 1.807) is 0 Å². The van der Waals surface area contributed by atoms with Gasteiger partial charge in [0.2, 0.25) is 0 Å². The van der Waals surface area contributed by atoms with Gasteiger partial charge in [0.1, 0.15) is 0 Å². The van der Waals surface area contributed by atoms with Crippen LogP contribution in [-0.2, 0) is 4.79 Å². The Kier molecular flexibility index (Phi) is 5.88. The highest BCUT2D eigenvalue weighted by Gasteiger charge is 2.32. The maximum Gasteiger partial charge on any atom is 0.317 e. The van der Waals surface area contributed by atoms with Crippen molar-refractivity contribution in [3.8, 4) is 0 Å². The highest BCUT2D eigenvalue weighted by atomic mass is 16.4. The molecule has 2 N–H and O–H groups in total. The number of piperidine rings is 1. The molecule has 0 aromatic carbocycles. The molecule has 3 atom stereocenters. The van der Waals surface area contributed by atoms with Gasteiger partial charge >= 0.3 is 12.0 Å². The van der Waals surface area contributed by atoms with Gasteiger partial charge in [-0.25, -0.2) is 4.79 Å². The van der Waals surface area contributed by atoms with Gasteiger partial charge in [-0.3, -0.25) is 4.79 Å². The van der Waals surface area contributed by atoms with Crippen molar-refractivity contribution in [1.82, 2.24) is 10.2 Å². The summed E-state index contributed by atoms with van der Waals surface area (Å²) in [5, 5.41) is 11.6. The van der Waals surface area contributed by atoms with Gasteiger partial charge in [0.05, 0.1) is 0 Å². The molecule has 1 saturated carbocycles. The molecule has 5 heteroatoms. The average Bonchev–Trinajstić information content (AvgIpc) is 2.50. The van der Waals surface area contributed by atoms with Crippen LogP contribution >= 0.6 is 0 Å². The first kappa shape index (κ1) is 16.1. The predicted octanol–water partition coefficient (Wildman–Crippen LogP) is 2.71. The SMILES string of the molecule is CC(CCC(=O)O)CNC(=O)N1CCC2CCCCC2C1. The molecule has 120 valence electrons. The number of rotatable bonds is 5. The number of amides is 2. The van der Waals surface area contributed by atoms with E-state index in [2.05, 4.69) is 5.32 Å². The van der Waals surface area contributed by atoms with Crippen molar-refractivity contribution in [1.29, 1.82) is 0 Å². The molecule has 1 saturated heterocycles. The average molecular weight is 296 g/mol. The number of nitrogens with one attached hydrogen (secondary N) is 1. The largest absolute Gasteiger partial charge is 0.481 e. The Morgan fingerprint density at radius 1 is 1.24 bits per heavy atom. The van der Waals surface area contributed by atoms with E-state index in [-0.39, 0.29) is 18.4 Å². The normalized spacial score (nSPS) is 26.8. The van der Waals surface area contributed by atoms with Crippen molar-refractivity contribution in [2.75, 3.05) is 19.6 Å². The molecule has 0 aromatic heterocycles. The number of hydrogen-bond donors (Lipinski definition) is 2. The minimum atomic E-state index is -0.771.